The fraction of sp³-hybridized carbons (Fsp3) is 0.462. The molecule has 1 amide bonds. The molecule has 1 aliphatic heterocycles. The van der Waals surface area contributed by atoms with Crippen LogP contribution in [0.25, 0.3) is 0 Å². The van der Waals surface area contributed by atoms with Crippen LogP contribution in [-0.2, 0) is 9.53 Å². The summed E-state index contributed by atoms with van der Waals surface area (Å²) in [5.74, 6) is 0.551. The third-order valence-corrected chi connectivity index (χ3v) is 3.65. The largest absolute Gasteiger partial charge is 0.381 e. The summed E-state index contributed by atoms with van der Waals surface area (Å²) in [6, 6.07) is 7.66. The van der Waals surface area contributed by atoms with Crippen molar-refractivity contribution in [2.24, 2.45) is 5.92 Å². The first-order valence-electron chi connectivity index (χ1n) is 5.88. The molecule has 0 bridgehead atoms. The van der Waals surface area contributed by atoms with Gasteiger partial charge < -0.3 is 10.1 Å². The van der Waals surface area contributed by atoms with Gasteiger partial charge in [0, 0.05) is 24.1 Å². The highest BCUT2D eigenvalue weighted by molar-refractivity contribution is 9.10. The highest BCUT2D eigenvalue weighted by atomic mass is 79.9. The molecule has 3 nitrogen and oxygen atoms in total. The number of carbonyl (C=O) groups excluding carboxylic acids is 1. The van der Waals surface area contributed by atoms with E-state index >= 15 is 0 Å². The maximum atomic E-state index is 11.9. The van der Waals surface area contributed by atoms with E-state index < -0.39 is 0 Å². The molecule has 4 heteroatoms. The van der Waals surface area contributed by atoms with Crippen molar-refractivity contribution in [2.45, 2.75) is 19.3 Å². The molecule has 0 atom stereocenters. The second-order valence-electron chi connectivity index (χ2n) is 4.29. The average Bonchev–Trinajstić information content (AvgIpc) is 2.33. The van der Waals surface area contributed by atoms with Gasteiger partial charge in [-0.1, -0.05) is 12.1 Å². The summed E-state index contributed by atoms with van der Waals surface area (Å²) in [5.41, 5.74) is 0.838. The lowest BCUT2D eigenvalue weighted by Crippen LogP contribution is -2.22. The van der Waals surface area contributed by atoms with Gasteiger partial charge >= 0.3 is 0 Å². The molecule has 1 aromatic rings. The molecule has 1 aromatic carbocycles. The van der Waals surface area contributed by atoms with Crippen molar-refractivity contribution in [3.8, 4) is 0 Å². The van der Waals surface area contributed by atoms with Gasteiger partial charge in [0.2, 0.25) is 5.91 Å². The minimum absolute atomic E-state index is 0.0869. The average molecular weight is 298 g/mol. The van der Waals surface area contributed by atoms with Crippen molar-refractivity contribution < 1.29 is 9.53 Å². The fourth-order valence-electron chi connectivity index (χ4n) is 1.98. The van der Waals surface area contributed by atoms with E-state index in [1.807, 2.05) is 24.3 Å². The van der Waals surface area contributed by atoms with E-state index in [-0.39, 0.29) is 5.91 Å². The van der Waals surface area contributed by atoms with Gasteiger partial charge in [0.1, 0.15) is 0 Å². The Morgan fingerprint density at radius 2 is 2.06 bits per heavy atom. The molecule has 1 heterocycles. The standard InChI is InChI=1S/C13H16BrNO2/c14-11-3-1-2-4-12(11)15-13(16)9-10-5-7-17-8-6-10/h1-4,10H,5-9H2,(H,15,16). The molecule has 0 aliphatic carbocycles. The monoisotopic (exact) mass is 297 g/mol. The zero-order chi connectivity index (χ0) is 12.1. The molecule has 0 radical (unpaired) electrons. The number of anilines is 1. The first-order valence-corrected chi connectivity index (χ1v) is 6.67. The van der Waals surface area contributed by atoms with Gasteiger partial charge in [-0.25, -0.2) is 0 Å². The summed E-state index contributed by atoms with van der Waals surface area (Å²) in [6.45, 7) is 1.57. The molecule has 1 aliphatic rings. The number of hydrogen-bond acceptors (Lipinski definition) is 2. The van der Waals surface area contributed by atoms with E-state index in [0.29, 0.717) is 12.3 Å². The minimum Gasteiger partial charge on any atom is -0.381 e. The third kappa shape index (κ3) is 3.82. The molecule has 0 spiro atoms. The summed E-state index contributed by atoms with van der Waals surface area (Å²) < 4.78 is 6.20. The number of ether oxygens (including phenoxy) is 1. The smallest absolute Gasteiger partial charge is 0.224 e. The van der Waals surface area contributed by atoms with Crippen molar-refractivity contribution in [3.63, 3.8) is 0 Å². The second kappa shape index (κ2) is 6.17. The Hall–Kier alpha value is -0.870. The zero-order valence-electron chi connectivity index (χ0n) is 9.62. The van der Waals surface area contributed by atoms with Crippen LogP contribution >= 0.6 is 15.9 Å². The Kier molecular flexibility index (Phi) is 4.57. The van der Waals surface area contributed by atoms with E-state index in [9.17, 15) is 4.79 Å². The van der Waals surface area contributed by atoms with Crippen LogP contribution < -0.4 is 5.32 Å². The van der Waals surface area contributed by atoms with Gasteiger partial charge in [-0.15, -0.1) is 0 Å². The highest BCUT2D eigenvalue weighted by Gasteiger charge is 2.17. The summed E-state index contributed by atoms with van der Waals surface area (Å²) in [5, 5.41) is 2.93. The maximum absolute atomic E-state index is 11.9. The van der Waals surface area contributed by atoms with E-state index in [4.69, 9.17) is 4.74 Å². The van der Waals surface area contributed by atoms with Gasteiger partial charge in [0.15, 0.2) is 0 Å². The Morgan fingerprint density at radius 1 is 1.35 bits per heavy atom. The summed E-state index contributed by atoms with van der Waals surface area (Å²) >= 11 is 3.42. The zero-order valence-corrected chi connectivity index (χ0v) is 11.2. The number of carbonyl (C=O) groups is 1. The number of rotatable bonds is 3. The number of hydrogen-bond donors (Lipinski definition) is 1. The van der Waals surface area contributed by atoms with Crippen molar-refractivity contribution in [2.75, 3.05) is 18.5 Å². The van der Waals surface area contributed by atoms with Crippen molar-refractivity contribution >= 4 is 27.5 Å². The van der Waals surface area contributed by atoms with Gasteiger partial charge in [-0.3, -0.25) is 4.79 Å². The lowest BCUT2D eigenvalue weighted by Gasteiger charge is -2.21. The predicted molar refractivity (Wildman–Crippen MR) is 70.9 cm³/mol. The Bertz CT molecular complexity index is 389. The lowest BCUT2D eigenvalue weighted by molar-refractivity contribution is -0.117. The molecule has 92 valence electrons. The van der Waals surface area contributed by atoms with Gasteiger partial charge in [0.05, 0.1) is 5.69 Å². The van der Waals surface area contributed by atoms with Crippen LogP contribution in [0.3, 0.4) is 0 Å². The van der Waals surface area contributed by atoms with E-state index in [1.165, 1.54) is 0 Å². The van der Waals surface area contributed by atoms with Crippen molar-refractivity contribution in [1.82, 2.24) is 0 Å². The van der Waals surface area contributed by atoms with Crippen molar-refractivity contribution in [1.29, 1.82) is 0 Å². The highest BCUT2D eigenvalue weighted by Crippen LogP contribution is 2.23. The Labute approximate surface area is 110 Å². The summed E-state index contributed by atoms with van der Waals surface area (Å²) in [4.78, 5) is 11.9. The first-order chi connectivity index (χ1) is 8.25. The molecule has 0 aromatic heterocycles. The molecule has 2 rings (SSSR count). The van der Waals surface area contributed by atoms with Crippen LogP contribution in [0.4, 0.5) is 5.69 Å². The van der Waals surface area contributed by atoms with Crippen LogP contribution in [0, 0.1) is 5.92 Å². The third-order valence-electron chi connectivity index (χ3n) is 2.96. The Balaban J connectivity index is 1.86. The molecule has 1 saturated heterocycles. The fourth-order valence-corrected chi connectivity index (χ4v) is 2.36. The topological polar surface area (TPSA) is 38.3 Å². The van der Waals surface area contributed by atoms with Crippen LogP contribution in [-0.4, -0.2) is 19.1 Å². The van der Waals surface area contributed by atoms with Crippen LogP contribution in [0.1, 0.15) is 19.3 Å². The number of halogens is 1. The van der Waals surface area contributed by atoms with Crippen LogP contribution in [0.15, 0.2) is 28.7 Å². The molecular formula is C13H16BrNO2. The summed E-state index contributed by atoms with van der Waals surface area (Å²) in [7, 11) is 0. The lowest BCUT2D eigenvalue weighted by atomic mass is 9.96. The van der Waals surface area contributed by atoms with Gasteiger partial charge in [0.25, 0.3) is 0 Å². The first kappa shape index (κ1) is 12.6. The second-order valence-corrected chi connectivity index (χ2v) is 5.14. The normalized spacial score (nSPS) is 16.8. The maximum Gasteiger partial charge on any atom is 0.224 e. The predicted octanol–water partition coefficient (Wildman–Crippen LogP) is 3.20. The molecule has 0 saturated carbocycles. The summed E-state index contributed by atoms with van der Waals surface area (Å²) in [6.07, 6.45) is 2.57. The van der Waals surface area contributed by atoms with Crippen molar-refractivity contribution in [3.05, 3.63) is 28.7 Å². The molecule has 17 heavy (non-hydrogen) atoms. The van der Waals surface area contributed by atoms with Crippen LogP contribution in [0.5, 0.6) is 0 Å². The number of para-hydroxylation sites is 1. The quantitative estimate of drug-likeness (QED) is 0.930. The number of benzene rings is 1. The number of nitrogens with one attached hydrogen (secondary N) is 1. The van der Waals surface area contributed by atoms with E-state index in [2.05, 4.69) is 21.2 Å². The number of amides is 1. The molecular weight excluding hydrogens is 282 g/mol. The minimum atomic E-state index is 0.0869. The SMILES string of the molecule is O=C(CC1CCOCC1)Nc1ccccc1Br. The van der Waals surface area contributed by atoms with Crippen LogP contribution in [0.2, 0.25) is 0 Å². The van der Waals surface area contributed by atoms with Gasteiger partial charge in [-0.2, -0.15) is 0 Å². The molecule has 1 fully saturated rings. The molecule has 0 unspecified atom stereocenters. The molecule has 1 N–H and O–H groups in total. The van der Waals surface area contributed by atoms with Gasteiger partial charge in [-0.05, 0) is 46.8 Å². The Morgan fingerprint density at radius 3 is 2.76 bits per heavy atom. The van der Waals surface area contributed by atoms with E-state index in [0.717, 1.165) is 36.2 Å². The van der Waals surface area contributed by atoms with E-state index in [1.54, 1.807) is 0 Å².